The molecule has 0 aromatic rings. The van der Waals surface area contributed by atoms with Crippen LogP contribution >= 0.6 is 11.6 Å². The average Bonchev–Trinajstić information content (AvgIpc) is 2.97. The number of morpholine rings is 1. The molecule has 2 fully saturated rings. The fourth-order valence-electron chi connectivity index (χ4n) is 1.78. The van der Waals surface area contributed by atoms with Crippen LogP contribution in [0.15, 0.2) is 0 Å². The molecule has 1 unspecified atom stereocenters. The minimum Gasteiger partial charge on any atom is -0.373 e. The van der Waals surface area contributed by atoms with Gasteiger partial charge in [-0.25, -0.2) is 0 Å². The lowest BCUT2D eigenvalue weighted by Crippen LogP contribution is -2.48. The summed E-state index contributed by atoms with van der Waals surface area (Å²) < 4.78 is 5.41. The van der Waals surface area contributed by atoms with Gasteiger partial charge in [0.25, 0.3) is 0 Å². The average molecular weight is 218 g/mol. The van der Waals surface area contributed by atoms with Crippen LogP contribution < -0.4 is 0 Å². The monoisotopic (exact) mass is 217 g/mol. The predicted molar refractivity (Wildman–Crippen MR) is 54.4 cm³/mol. The molecule has 2 rings (SSSR count). The lowest BCUT2D eigenvalue weighted by Gasteiger charge is -2.33. The Morgan fingerprint density at radius 1 is 1.64 bits per heavy atom. The van der Waals surface area contributed by atoms with Crippen molar-refractivity contribution in [1.29, 1.82) is 0 Å². The first kappa shape index (κ1) is 10.2. The van der Waals surface area contributed by atoms with Crippen LogP contribution in [-0.4, -0.2) is 42.5 Å². The normalized spacial score (nSPS) is 30.1. The van der Waals surface area contributed by atoms with Crippen LogP contribution in [0.4, 0.5) is 0 Å². The number of carbonyl (C=O) groups is 1. The summed E-state index contributed by atoms with van der Waals surface area (Å²) in [5.41, 5.74) is -0.0613. The van der Waals surface area contributed by atoms with E-state index in [2.05, 4.69) is 0 Å². The molecule has 1 atom stereocenters. The van der Waals surface area contributed by atoms with Gasteiger partial charge in [0.15, 0.2) is 0 Å². The highest BCUT2D eigenvalue weighted by molar-refractivity contribution is 6.18. The number of nitrogens with zero attached hydrogens (tertiary/aromatic N) is 1. The molecule has 0 N–H and O–H groups in total. The van der Waals surface area contributed by atoms with Crippen LogP contribution in [0.3, 0.4) is 0 Å². The predicted octanol–water partition coefficient (Wildman–Crippen LogP) is 1.25. The molecular formula is C10H16ClNO2. The Morgan fingerprint density at radius 3 is 2.93 bits per heavy atom. The van der Waals surface area contributed by atoms with E-state index in [9.17, 15) is 4.79 Å². The van der Waals surface area contributed by atoms with E-state index in [1.54, 1.807) is 0 Å². The van der Waals surface area contributed by atoms with Gasteiger partial charge in [0.1, 0.15) is 0 Å². The van der Waals surface area contributed by atoms with Gasteiger partial charge in [0.2, 0.25) is 5.91 Å². The highest BCUT2D eigenvalue weighted by Gasteiger charge is 2.47. The molecule has 1 amide bonds. The first-order valence-electron chi connectivity index (χ1n) is 5.13. The van der Waals surface area contributed by atoms with Crippen molar-refractivity contribution < 1.29 is 9.53 Å². The van der Waals surface area contributed by atoms with Gasteiger partial charge in [0.05, 0.1) is 18.6 Å². The zero-order valence-corrected chi connectivity index (χ0v) is 9.22. The maximum Gasteiger partial charge on any atom is 0.228 e. The molecular weight excluding hydrogens is 202 g/mol. The van der Waals surface area contributed by atoms with Gasteiger partial charge >= 0.3 is 0 Å². The summed E-state index contributed by atoms with van der Waals surface area (Å²) in [6, 6.07) is 0. The highest BCUT2D eigenvalue weighted by Crippen LogP contribution is 2.46. The van der Waals surface area contributed by atoms with Gasteiger partial charge < -0.3 is 9.64 Å². The quantitative estimate of drug-likeness (QED) is 0.652. The first-order chi connectivity index (χ1) is 6.65. The summed E-state index contributed by atoms with van der Waals surface area (Å²) in [7, 11) is 0. The third-order valence-corrected chi connectivity index (χ3v) is 3.46. The molecule has 0 bridgehead atoms. The summed E-state index contributed by atoms with van der Waals surface area (Å²) in [6.07, 6.45) is 2.10. The number of halogens is 1. The summed E-state index contributed by atoms with van der Waals surface area (Å²) in [5.74, 6) is 0.761. The van der Waals surface area contributed by atoms with Crippen LogP contribution in [0.2, 0.25) is 0 Å². The molecule has 4 heteroatoms. The van der Waals surface area contributed by atoms with E-state index >= 15 is 0 Å². The molecule has 0 aromatic heterocycles. The Hall–Kier alpha value is -0.280. The molecule has 1 aliphatic carbocycles. The van der Waals surface area contributed by atoms with Crippen LogP contribution in [0.25, 0.3) is 0 Å². The Labute approximate surface area is 89.4 Å². The number of ether oxygens (including phenoxy) is 1. The first-order valence-corrected chi connectivity index (χ1v) is 5.66. The maximum absolute atomic E-state index is 12.0. The van der Waals surface area contributed by atoms with E-state index in [0.717, 1.165) is 19.4 Å². The number of carbonyl (C=O) groups excluding carboxylic acids is 1. The molecule has 1 saturated carbocycles. The van der Waals surface area contributed by atoms with E-state index in [4.69, 9.17) is 16.3 Å². The number of alkyl halides is 1. The summed E-state index contributed by atoms with van der Waals surface area (Å²) >= 11 is 5.72. The molecule has 14 heavy (non-hydrogen) atoms. The van der Waals surface area contributed by atoms with Crippen LogP contribution in [-0.2, 0) is 9.53 Å². The number of rotatable bonds is 2. The van der Waals surface area contributed by atoms with E-state index in [-0.39, 0.29) is 17.4 Å². The molecule has 80 valence electrons. The van der Waals surface area contributed by atoms with Crippen molar-refractivity contribution in [1.82, 2.24) is 4.90 Å². The van der Waals surface area contributed by atoms with Gasteiger partial charge in [-0.3, -0.25) is 4.79 Å². The zero-order chi connectivity index (χ0) is 10.2. The summed E-state index contributed by atoms with van der Waals surface area (Å²) in [5, 5.41) is 0. The van der Waals surface area contributed by atoms with Crippen LogP contribution in [0.5, 0.6) is 0 Å². The molecule has 0 radical (unpaired) electrons. The number of hydrogen-bond donors (Lipinski definition) is 0. The van der Waals surface area contributed by atoms with Crippen molar-refractivity contribution in [2.24, 2.45) is 5.41 Å². The van der Waals surface area contributed by atoms with Crippen LogP contribution in [0, 0.1) is 5.41 Å². The Kier molecular flexibility index (Phi) is 2.71. The van der Waals surface area contributed by atoms with Gasteiger partial charge in [-0.05, 0) is 12.8 Å². The van der Waals surface area contributed by atoms with Crippen molar-refractivity contribution in [2.75, 3.05) is 25.6 Å². The molecule has 1 heterocycles. The van der Waals surface area contributed by atoms with Crippen molar-refractivity contribution >= 4 is 17.5 Å². The Morgan fingerprint density at radius 2 is 2.36 bits per heavy atom. The topological polar surface area (TPSA) is 29.5 Å². The minimum absolute atomic E-state index is 0.0247. The second kappa shape index (κ2) is 3.70. The van der Waals surface area contributed by atoms with Crippen molar-refractivity contribution in [3.05, 3.63) is 0 Å². The summed E-state index contributed by atoms with van der Waals surface area (Å²) in [6.45, 7) is 4.06. The molecule has 0 aromatic carbocycles. The molecule has 3 nitrogen and oxygen atoms in total. The lowest BCUT2D eigenvalue weighted by molar-refractivity contribution is -0.143. The van der Waals surface area contributed by atoms with Gasteiger partial charge in [-0.15, -0.1) is 11.6 Å². The van der Waals surface area contributed by atoms with E-state index in [1.807, 2.05) is 11.8 Å². The zero-order valence-electron chi connectivity index (χ0n) is 8.46. The van der Waals surface area contributed by atoms with E-state index in [1.165, 1.54) is 0 Å². The Balaban J connectivity index is 1.93. The van der Waals surface area contributed by atoms with Gasteiger partial charge in [-0.1, -0.05) is 6.92 Å². The number of hydrogen-bond acceptors (Lipinski definition) is 2. The third-order valence-electron chi connectivity index (χ3n) is 3.11. The largest absolute Gasteiger partial charge is 0.373 e. The second-order valence-corrected chi connectivity index (χ2v) is 4.77. The molecule has 0 spiro atoms. The van der Waals surface area contributed by atoms with E-state index < -0.39 is 0 Å². The summed E-state index contributed by atoms with van der Waals surface area (Å²) in [4.78, 5) is 13.9. The standard InChI is InChI=1S/C10H16ClNO2/c1-10(2-3-10)9(13)12-4-5-14-8(6-11)7-12/h8H,2-7H2,1H3. The van der Waals surface area contributed by atoms with Crippen molar-refractivity contribution in [3.8, 4) is 0 Å². The third kappa shape index (κ3) is 1.89. The lowest BCUT2D eigenvalue weighted by atomic mass is 10.1. The fourth-order valence-corrected chi connectivity index (χ4v) is 1.97. The van der Waals surface area contributed by atoms with Crippen LogP contribution in [0.1, 0.15) is 19.8 Å². The smallest absolute Gasteiger partial charge is 0.228 e. The molecule has 1 aliphatic heterocycles. The molecule has 1 saturated heterocycles. The maximum atomic E-state index is 12.0. The van der Waals surface area contributed by atoms with Gasteiger partial charge in [0, 0.05) is 18.5 Å². The SMILES string of the molecule is CC1(C(=O)N2CCOC(CCl)C2)CC1. The Bertz CT molecular complexity index is 240. The highest BCUT2D eigenvalue weighted by atomic mass is 35.5. The van der Waals surface area contributed by atoms with Crippen molar-refractivity contribution in [2.45, 2.75) is 25.9 Å². The number of amides is 1. The second-order valence-electron chi connectivity index (χ2n) is 4.46. The van der Waals surface area contributed by atoms with Crippen molar-refractivity contribution in [3.63, 3.8) is 0 Å². The van der Waals surface area contributed by atoms with E-state index in [0.29, 0.717) is 19.0 Å². The molecule has 2 aliphatic rings. The minimum atomic E-state index is -0.0613. The fraction of sp³-hybridized carbons (Fsp3) is 0.900. The van der Waals surface area contributed by atoms with Gasteiger partial charge in [-0.2, -0.15) is 0 Å².